The van der Waals surface area contributed by atoms with Crippen LogP contribution in [0.4, 0.5) is 5.13 Å². The van der Waals surface area contributed by atoms with E-state index in [2.05, 4.69) is 22.5 Å². The summed E-state index contributed by atoms with van der Waals surface area (Å²) >= 11 is 3.18. The van der Waals surface area contributed by atoms with Crippen molar-refractivity contribution in [3.8, 4) is 0 Å². The summed E-state index contributed by atoms with van der Waals surface area (Å²) in [6, 6.07) is 0. The molecule has 0 saturated carbocycles. The first kappa shape index (κ1) is 14.2. The molecule has 0 bridgehead atoms. The van der Waals surface area contributed by atoms with Crippen LogP contribution >= 0.6 is 23.1 Å². The number of carbonyl (C=O) groups is 1. The lowest BCUT2D eigenvalue weighted by Gasteiger charge is -2.07. The lowest BCUT2D eigenvalue weighted by molar-refractivity contribution is -0.121. The van der Waals surface area contributed by atoms with Crippen LogP contribution < -0.4 is 16.2 Å². The normalized spacial score (nSPS) is 12.2. The predicted molar refractivity (Wildman–Crippen MR) is 71.1 cm³/mol. The van der Waals surface area contributed by atoms with Gasteiger partial charge in [-0.2, -0.15) is 0 Å². The Morgan fingerprint density at radius 3 is 2.82 bits per heavy atom. The minimum atomic E-state index is -0.135. The van der Waals surface area contributed by atoms with Gasteiger partial charge >= 0.3 is 0 Å². The molecule has 0 aliphatic carbocycles. The summed E-state index contributed by atoms with van der Waals surface area (Å²) in [6.07, 6.45) is 1.20. The second kappa shape index (κ2) is 6.77. The first-order chi connectivity index (χ1) is 8.02. The van der Waals surface area contributed by atoms with Crippen LogP contribution in [0.2, 0.25) is 0 Å². The van der Waals surface area contributed by atoms with E-state index in [0.29, 0.717) is 11.7 Å². The van der Waals surface area contributed by atoms with Crippen molar-refractivity contribution >= 4 is 34.1 Å². The largest absolute Gasteiger partial charge is 0.353 e. The molecule has 8 heteroatoms. The van der Waals surface area contributed by atoms with E-state index in [1.165, 1.54) is 0 Å². The Balaban J connectivity index is 2.39. The molecule has 0 aliphatic heterocycles. The molecule has 0 spiro atoms. The zero-order chi connectivity index (χ0) is 12.8. The maximum absolute atomic E-state index is 11.0. The van der Waals surface area contributed by atoms with Gasteiger partial charge in [0.15, 0.2) is 4.34 Å². The highest BCUT2D eigenvalue weighted by Crippen LogP contribution is 2.31. The molecule has 0 fully saturated rings. The molecule has 1 rings (SSSR count). The van der Waals surface area contributed by atoms with Gasteiger partial charge in [-0.05, 0) is 6.42 Å². The fourth-order valence-electron chi connectivity index (χ4n) is 1.07. The molecule has 1 aromatic heterocycles. The van der Waals surface area contributed by atoms with Crippen molar-refractivity contribution in [3.63, 3.8) is 0 Å². The highest BCUT2D eigenvalue weighted by atomic mass is 32.2. The predicted octanol–water partition coefficient (Wildman–Crippen LogP) is 0.855. The quantitative estimate of drug-likeness (QED) is 0.347. The summed E-state index contributed by atoms with van der Waals surface area (Å²) in [6.45, 7) is 2.06. The van der Waals surface area contributed by atoms with Crippen LogP contribution in [0.1, 0.15) is 19.8 Å². The molecular weight excluding hydrogens is 258 g/mol. The highest BCUT2D eigenvalue weighted by Gasteiger charge is 2.12. The number of aromatic nitrogens is 2. The Kier molecular flexibility index (Phi) is 5.66. The molecule has 0 aromatic carbocycles. The lowest BCUT2D eigenvalue weighted by Crippen LogP contribution is -2.30. The Labute approximate surface area is 109 Å². The van der Waals surface area contributed by atoms with Gasteiger partial charge in [0.1, 0.15) is 0 Å². The molecule has 1 aromatic rings. The van der Waals surface area contributed by atoms with Crippen molar-refractivity contribution in [1.29, 1.82) is 0 Å². The van der Waals surface area contributed by atoms with Crippen molar-refractivity contribution in [3.05, 3.63) is 0 Å². The average Bonchev–Trinajstić information content (AvgIpc) is 2.74. The monoisotopic (exact) mass is 275 g/mol. The number of nitrogens with one attached hydrogen (secondary N) is 1. The van der Waals surface area contributed by atoms with Crippen LogP contribution in [-0.2, 0) is 4.79 Å². The Hall–Kier alpha value is -0.860. The number of anilines is 1. The molecule has 1 amide bonds. The van der Waals surface area contributed by atoms with E-state index in [1.54, 1.807) is 23.1 Å². The van der Waals surface area contributed by atoms with Crippen LogP contribution in [0.5, 0.6) is 0 Å². The van der Waals surface area contributed by atoms with Crippen molar-refractivity contribution in [2.24, 2.45) is 5.84 Å². The van der Waals surface area contributed by atoms with E-state index in [4.69, 9.17) is 5.84 Å². The van der Waals surface area contributed by atoms with Crippen LogP contribution in [0.25, 0.3) is 0 Å². The van der Waals surface area contributed by atoms with Gasteiger partial charge in [0.05, 0.1) is 0 Å². The van der Waals surface area contributed by atoms with Gasteiger partial charge < -0.3 is 4.90 Å². The fraction of sp³-hybridized carbons (Fsp3) is 0.667. The van der Waals surface area contributed by atoms with Gasteiger partial charge in [-0.3, -0.25) is 10.2 Å². The van der Waals surface area contributed by atoms with Gasteiger partial charge in [-0.15, -0.1) is 10.2 Å². The Bertz CT molecular complexity index is 368. The summed E-state index contributed by atoms with van der Waals surface area (Å²) in [4.78, 5) is 12.9. The molecule has 1 heterocycles. The topological polar surface area (TPSA) is 84.1 Å². The average molecular weight is 275 g/mol. The second-order valence-corrected chi connectivity index (χ2v) is 6.42. The summed E-state index contributed by atoms with van der Waals surface area (Å²) in [5, 5.41) is 9.35. The lowest BCUT2D eigenvalue weighted by atomic mass is 10.2. The number of thioether (sulfide) groups is 1. The van der Waals surface area contributed by atoms with Gasteiger partial charge in [-0.25, -0.2) is 5.84 Å². The fourth-order valence-corrected chi connectivity index (χ4v) is 3.15. The first-order valence-corrected chi connectivity index (χ1v) is 6.89. The molecule has 0 aliphatic rings. The number of nitrogens with two attached hydrogens (primary N) is 1. The van der Waals surface area contributed by atoms with Crippen LogP contribution in [0.3, 0.4) is 0 Å². The van der Waals surface area contributed by atoms with Crippen molar-refractivity contribution in [1.82, 2.24) is 15.6 Å². The molecule has 6 nitrogen and oxygen atoms in total. The zero-order valence-corrected chi connectivity index (χ0v) is 11.8. The SMILES string of the molecule is CC(CCC(=O)NN)Sc1nnc(N(C)C)s1. The summed E-state index contributed by atoms with van der Waals surface area (Å²) in [7, 11) is 3.87. The summed E-state index contributed by atoms with van der Waals surface area (Å²) in [5.41, 5.74) is 2.12. The van der Waals surface area contributed by atoms with Crippen molar-refractivity contribution < 1.29 is 4.79 Å². The Morgan fingerprint density at radius 2 is 2.29 bits per heavy atom. The first-order valence-electron chi connectivity index (χ1n) is 5.20. The third-order valence-corrected chi connectivity index (χ3v) is 4.36. The third-order valence-electron chi connectivity index (χ3n) is 2.02. The molecule has 1 unspecified atom stereocenters. The maximum atomic E-state index is 11.0. The molecular formula is C9H17N5OS2. The minimum absolute atomic E-state index is 0.135. The number of amides is 1. The van der Waals surface area contributed by atoms with Crippen LogP contribution in [0, 0.1) is 0 Å². The smallest absolute Gasteiger partial charge is 0.233 e. The number of hydrogen-bond donors (Lipinski definition) is 2. The van der Waals surface area contributed by atoms with E-state index < -0.39 is 0 Å². The third kappa shape index (κ3) is 4.88. The molecule has 0 radical (unpaired) electrons. The van der Waals surface area contributed by atoms with E-state index in [-0.39, 0.29) is 5.91 Å². The van der Waals surface area contributed by atoms with Gasteiger partial charge in [0.25, 0.3) is 0 Å². The standard InChI is InChI=1S/C9H17N5OS2/c1-6(4-5-7(15)11-10)16-9-13-12-8(17-9)14(2)3/h6H,4-5,10H2,1-3H3,(H,11,15). The number of hydrazine groups is 1. The number of rotatable bonds is 6. The molecule has 3 N–H and O–H groups in total. The van der Waals surface area contributed by atoms with Crippen LogP contribution in [-0.4, -0.2) is 35.4 Å². The molecule has 1 atom stereocenters. The number of nitrogens with zero attached hydrogens (tertiary/aromatic N) is 3. The minimum Gasteiger partial charge on any atom is -0.353 e. The number of hydrogen-bond acceptors (Lipinski definition) is 7. The van der Waals surface area contributed by atoms with Gasteiger partial charge in [0, 0.05) is 25.8 Å². The summed E-state index contributed by atoms with van der Waals surface area (Å²) in [5.74, 6) is 4.88. The van der Waals surface area contributed by atoms with Crippen molar-refractivity contribution in [2.45, 2.75) is 29.4 Å². The maximum Gasteiger partial charge on any atom is 0.233 e. The molecule has 17 heavy (non-hydrogen) atoms. The number of carbonyl (C=O) groups excluding carboxylic acids is 1. The van der Waals surface area contributed by atoms with Gasteiger partial charge in [0.2, 0.25) is 11.0 Å². The second-order valence-electron chi connectivity index (χ2n) is 3.78. The van der Waals surface area contributed by atoms with Crippen LogP contribution in [0.15, 0.2) is 4.34 Å². The van der Waals surface area contributed by atoms with E-state index in [0.717, 1.165) is 15.9 Å². The van der Waals surface area contributed by atoms with E-state index in [1.807, 2.05) is 19.0 Å². The Morgan fingerprint density at radius 1 is 1.59 bits per heavy atom. The molecule has 96 valence electrons. The highest BCUT2D eigenvalue weighted by molar-refractivity contribution is 8.01. The van der Waals surface area contributed by atoms with E-state index in [9.17, 15) is 4.79 Å². The van der Waals surface area contributed by atoms with E-state index >= 15 is 0 Å². The summed E-state index contributed by atoms with van der Waals surface area (Å²) < 4.78 is 0.925. The molecule has 0 saturated heterocycles. The van der Waals surface area contributed by atoms with Crippen molar-refractivity contribution in [2.75, 3.05) is 19.0 Å². The zero-order valence-electron chi connectivity index (χ0n) is 10.1. The van der Waals surface area contributed by atoms with Gasteiger partial charge in [-0.1, -0.05) is 30.0 Å².